The van der Waals surface area contributed by atoms with E-state index in [1.807, 2.05) is 24.3 Å². The van der Waals surface area contributed by atoms with Crippen LogP contribution >= 0.6 is 0 Å². The molecule has 7 nitrogen and oxygen atoms in total. The van der Waals surface area contributed by atoms with Gasteiger partial charge in [-0.1, -0.05) is 54.6 Å². The normalized spacial score (nSPS) is 17.4. The summed E-state index contributed by atoms with van der Waals surface area (Å²) in [6.07, 6.45) is 2.81. The molecule has 7 heteroatoms. The highest BCUT2D eigenvalue weighted by molar-refractivity contribution is 5.88. The van der Waals surface area contributed by atoms with Gasteiger partial charge in [-0.15, -0.1) is 0 Å². The number of benzene rings is 2. The molecule has 1 atom stereocenters. The van der Waals surface area contributed by atoms with Gasteiger partial charge in [-0.3, -0.25) is 9.59 Å². The number of carbonyl (C=O) groups is 3. The van der Waals surface area contributed by atoms with Crippen LogP contribution in [0.25, 0.3) is 11.1 Å². The summed E-state index contributed by atoms with van der Waals surface area (Å²) in [6, 6.07) is 16.2. The first kappa shape index (κ1) is 20.7. The molecule has 0 radical (unpaired) electrons. The second kappa shape index (κ2) is 9.04. The number of hydrogen-bond acceptors (Lipinski definition) is 4. The highest BCUT2D eigenvalue weighted by Gasteiger charge is 2.30. The number of hydrogen-bond donors (Lipinski definition) is 2. The van der Waals surface area contributed by atoms with Crippen molar-refractivity contribution in [1.29, 1.82) is 0 Å². The molecule has 2 aromatic carbocycles. The lowest BCUT2D eigenvalue weighted by Crippen LogP contribution is -2.29. The monoisotopic (exact) mass is 420 g/mol. The highest BCUT2D eigenvalue weighted by Crippen LogP contribution is 2.44. The van der Waals surface area contributed by atoms with Crippen LogP contribution in [0.15, 0.2) is 60.7 Å². The number of alkyl carbamates (subject to hydrolysis) is 1. The van der Waals surface area contributed by atoms with E-state index in [2.05, 4.69) is 29.6 Å². The quantitative estimate of drug-likeness (QED) is 0.701. The van der Waals surface area contributed by atoms with Gasteiger partial charge in [0.25, 0.3) is 0 Å². The summed E-state index contributed by atoms with van der Waals surface area (Å²) < 4.78 is 5.44. The van der Waals surface area contributed by atoms with Crippen LogP contribution in [-0.2, 0) is 14.3 Å². The number of carboxylic acids is 1. The maximum Gasteiger partial charge on any atom is 0.407 e. The molecule has 1 saturated heterocycles. The van der Waals surface area contributed by atoms with Crippen molar-refractivity contribution in [3.05, 3.63) is 71.8 Å². The number of aliphatic carboxylic acids is 1. The van der Waals surface area contributed by atoms with E-state index < -0.39 is 18.0 Å². The van der Waals surface area contributed by atoms with Crippen molar-refractivity contribution in [3.8, 4) is 11.1 Å². The smallest absolute Gasteiger partial charge is 0.407 e. The molecule has 1 aliphatic carbocycles. The first-order valence-electron chi connectivity index (χ1n) is 10.3. The fourth-order valence-electron chi connectivity index (χ4n) is 4.22. The first-order chi connectivity index (χ1) is 15.0. The molecule has 0 bridgehead atoms. The lowest BCUT2D eigenvalue weighted by atomic mass is 9.98. The van der Waals surface area contributed by atoms with Gasteiger partial charge in [0.15, 0.2) is 0 Å². The lowest BCUT2D eigenvalue weighted by molar-refractivity contribution is -0.141. The topological polar surface area (TPSA) is 95.9 Å². The van der Waals surface area contributed by atoms with Gasteiger partial charge in [-0.25, -0.2) is 4.79 Å². The Morgan fingerprint density at radius 1 is 1.06 bits per heavy atom. The van der Waals surface area contributed by atoms with Crippen molar-refractivity contribution >= 4 is 18.0 Å². The fourth-order valence-corrected chi connectivity index (χ4v) is 4.22. The van der Waals surface area contributed by atoms with E-state index in [-0.39, 0.29) is 31.5 Å². The van der Waals surface area contributed by atoms with Crippen LogP contribution in [0.2, 0.25) is 0 Å². The van der Waals surface area contributed by atoms with Gasteiger partial charge in [0.1, 0.15) is 6.61 Å². The van der Waals surface area contributed by atoms with Gasteiger partial charge in [-0.05, 0) is 28.7 Å². The largest absolute Gasteiger partial charge is 0.481 e. The van der Waals surface area contributed by atoms with Gasteiger partial charge in [0.05, 0.1) is 5.92 Å². The number of carbonyl (C=O) groups excluding carboxylic acids is 2. The molecule has 2 N–H and O–H groups in total. The molecule has 1 fully saturated rings. The minimum atomic E-state index is -0.879. The van der Waals surface area contributed by atoms with Crippen molar-refractivity contribution < 1.29 is 24.2 Å². The molecule has 1 aliphatic heterocycles. The molecule has 0 aromatic heterocycles. The van der Waals surface area contributed by atoms with Crippen LogP contribution in [-0.4, -0.2) is 54.2 Å². The standard InChI is InChI=1S/C24H24N2O5/c27-22(26-13-11-16(14-26)23(28)29)10-5-12-25-24(30)31-15-21-19-8-3-1-6-17(19)18-7-2-4-9-20(18)21/h1-10,16,21H,11-15H2,(H,25,30)(H,28,29)/b10-5+. The lowest BCUT2D eigenvalue weighted by Gasteiger charge is -2.14. The van der Waals surface area contributed by atoms with Crippen LogP contribution < -0.4 is 5.32 Å². The third kappa shape index (κ3) is 4.45. The molecule has 4 rings (SSSR count). The SMILES string of the molecule is O=C(NC/C=C/C(=O)N1CCC(C(=O)O)C1)OCC1c2ccccc2-c2ccccc21. The van der Waals surface area contributed by atoms with Crippen molar-refractivity contribution in [3.63, 3.8) is 0 Å². The molecule has 0 saturated carbocycles. The zero-order valence-electron chi connectivity index (χ0n) is 17.0. The summed E-state index contributed by atoms with van der Waals surface area (Å²) in [4.78, 5) is 36.7. The summed E-state index contributed by atoms with van der Waals surface area (Å²) in [6.45, 7) is 1.03. The van der Waals surface area contributed by atoms with Gasteiger partial charge in [0.2, 0.25) is 5.91 Å². The summed E-state index contributed by atoms with van der Waals surface area (Å²) >= 11 is 0. The van der Waals surface area contributed by atoms with Gasteiger partial charge in [0, 0.05) is 31.6 Å². The van der Waals surface area contributed by atoms with Crippen molar-refractivity contribution in [2.24, 2.45) is 5.92 Å². The second-order valence-corrected chi connectivity index (χ2v) is 7.72. The van der Waals surface area contributed by atoms with Gasteiger partial charge < -0.3 is 20.1 Å². The Hall–Kier alpha value is -3.61. The van der Waals surface area contributed by atoms with Crippen LogP contribution in [0.5, 0.6) is 0 Å². The molecule has 31 heavy (non-hydrogen) atoms. The third-order valence-corrected chi connectivity index (χ3v) is 5.82. The van der Waals surface area contributed by atoms with Crippen molar-refractivity contribution in [2.45, 2.75) is 12.3 Å². The number of carboxylic acid groups (broad SMARTS) is 1. The zero-order valence-corrected chi connectivity index (χ0v) is 17.0. The predicted molar refractivity (Wildman–Crippen MR) is 115 cm³/mol. The number of likely N-dealkylation sites (tertiary alicyclic amines) is 1. The number of ether oxygens (including phenoxy) is 1. The molecule has 1 heterocycles. The Morgan fingerprint density at radius 3 is 2.32 bits per heavy atom. The van der Waals surface area contributed by atoms with Gasteiger partial charge in [-0.2, -0.15) is 0 Å². The molecule has 2 aliphatic rings. The van der Waals surface area contributed by atoms with E-state index in [0.29, 0.717) is 13.0 Å². The molecule has 160 valence electrons. The van der Waals surface area contributed by atoms with E-state index >= 15 is 0 Å². The number of rotatable bonds is 6. The van der Waals surface area contributed by atoms with Crippen molar-refractivity contribution in [1.82, 2.24) is 10.2 Å². The minimum absolute atomic E-state index is 0.00684. The molecular formula is C24H24N2O5. The minimum Gasteiger partial charge on any atom is -0.481 e. The van der Waals surface area contributed by atoms with Crippen LogP contribution in [0.3, 0.4) is 0 Å². The average Bonchev–Trinajstić information content (AvgIpc) is 3.39. The Kier molecular flexibility index (Phi) is 6.02. The highest BCUT2D eigenvalue weighted by atomic mass is 16.5. The van der Waals surface area contributed by atoms with Crippen LogP contribution in [0.1, 0.15) is 23.5 Å². The number of amides is 2. The van der Waals surface area contributed by atoms with E-state index in [9.17, 15) is 14.4 Å². The van der Waals surface area contributed by atoms with E-state index in [1.54, 1.807) is 0 Å². The summed E-state index contributed by atoms with van der Waals surface area (Å²) in [5.74, 6) is -1.64. The summed E-state index contributed by atoms with van der Waals surface area (Å²) in [7, 11) is 0. The second-order valence-electron chi connectivity index (χ2n) is 7.72. The average molecular weight is 420 g/mol. The molecule has 0 spiro atoms. The summed E-state index contributed by atoms with van der Waals surface area (Å²) in [5, 5.41) is 11.6. The Morgan fingerprint density at radius 2 is 1.71 bits per heavy atom. The number of nitrogens with zero attached hydrogens (tertiary/aromatic N) is 1. The maximum absolute atomic E-state index is 12.1. The molecule has 2 aromatic rings. The van der Waals surface area contributed by atoms with E-state index in [0.717, 1.165) is 11.1 Å². The maximum atomic E-state index is 12.1. The third-order valence-electron chi connectivity index (χ3n) is 5.82. The van der Waals surface area contributed by atoms with E-state index in [1.165, 1.54) is 28.2 Å². The number of nitrogens with one attached hydrogen (secondary N) is 1. The van der Waals surface area contributed by atoms with Crippen LogP contribution in [0, 0.1) is 5.92 Å². The van der Waals surface area contributed by atoms with E-state index in [4.69, 9.17) is 9.84 Å². The first-order valence-corrected chi connectivity index (χ1v) is 10.3. The number of fused-ring (bicyclic) bond motifs is 3. The Balaban J connectivity index is 1.25. The van der Waals surface area contributed by atoms with Gasteiger partial charge >= 0.3 is 12.1 Å². The molecule has 1 unspecified atom stereocenters. The van der Waals surface area contributed by atoms with Crippen molar-refractivity contribution in [2.75, 3.05) is 26.2 Å². The fraction of sp³-hybridized carbons (Fsp3) is 0.292. The Labute approximate surface area is 180 Å². The molecule has 2 amide bonds. The Bertz CT molecular complexity index is 987. The zero-order chi connectivity index (χ0) is 21.8. The summed E-state index contributed by atoms with van der Waals surface area (Å²) in [5.41, 5.74) is 4.63. The predicted octanol–water partition coefficient (Wildman–Crippen LogP) is 3.01. The van der Waals surface area contributed by atoms with Crippen LogP contribution in [0.4, 0.5) is 4.79 Å². The molecular weight excluding hydrogens is 396 g/mol.